The maximum Gasteiger partial charge on any atom is 0.135 e. The van der Waals surface area contributed by atoms with Gasteiger partial charge in [-0.05, 0) is 30.4 Å². The average Bonchev–Trinajstić information content (AvgIpc) is 3.01. The molecule has 2 aliphatic heterocycles. The molecule has 1 aromatic heterocycles. The largest absolute Gasteiger partial charge is 0.464 e. The summed E-state index contributed by atoms with van der Waals surface area (Å²) in [6.07, 6.45) is 12.2. The minimum Gasteiger partial charge on any atom is -0.464 e. The highest BCUT2D eigenvalue weighted by Crippen LogP contribution is 2.36. The summed E-state index contributed by atoms with van der Waals surface area (Å²) in [4.78, 5) is 1.81. The van der Waals surface area contributed by atoms with Crippen molar-refractivity contribution < 1.29 is 4.42 Å². The molecule has 0 unspecified atom stereocenters. The first-order valence-electron chi connectivity index (χ1n) is 5.99. The van der Waals surface area contributed by atoms with Crippen LogP contribution >= 0.6 is 0 Å². The lowest BCUT2D eigenvalue weighted by atomic mass is 9.95. The van der Waals surface area contributed by atoms with Gasteiger partial charge in [0.2, 0.25) is 0 Å². The van der Waals surface area contributed by atoms with Gasteiger partial charge in [-0.25, -0.2) is 0 Å². The molecule has 20 heavy (non-hydrogen) atoms. The van der Waals surface area contributed by atoms with Crippen molar-refractivity contribution >= 4 is 5.57 Å². The molecule has 3 rings (SSSR count). The molecule has 0 saturated carbocycles. The third-order valence-corrected chi connectivity index (χ3v) is 3.07. The first kappa shape index (κ1) is 11.8. The summed E-state index contributed by atoms with van der Waals surface area (Å²) in [6, 6.07) is 7.81. The summed E-state index contributed by atoms with van der Waals surface area (Å²) in [6.45, 7) is 0. The van der Waals surface area contributed by atoms with Crippen LogP contribution in [0, 0.1) is 22.7 Å². The van der Waals surface area contributed by atoms with Crippen LogP contribution in [0.2, 0.25) is 0 Å². The molecule has 1 aromatic rings. The van der Waals surface area contributed by atoms with Gasteiger partial charge in [0.05, 0.1) is 29.3 Å². The maximum absolute atomic E-state index is 9.46. The minimum atomic E-state index is 0.524. The van der Waals surface area contributed by atoms with Crippen LogP contribution in [-0.4, -0.2) is 4.90 Å². The lowest BCUT2D eigenvalue weighted by Gasteiger charge is -2.29. The summed E-state index contributed by atoms with van der Waals surface area (Å²) in [5.41, 5.74) is 2.65. The van der Waals surface area contributed by atoms with E-state index in [0.29, 0.717) is 22.6 Å². The zero-order chi connectivity index (χ0) is 13.9. The fourth-order valence-corrected chi connectivity index (χ4v) is 2.22. The predicted octanol–water partition coefficient (Wildman–Crippen LogP) is 3.25. The van der Waals surface area contributed by atoms with Crippen molar-refractivity contribution in [2.24, 2.45) is 0 Å². The number of nitriles is 2. The fraction of sp³-hybridized carbons (Fsp3) is 0. The summed E-state index contributed by atoms with van der Waals surface area (Å²) >= 11 is 0. The molecule has 0 bridgehead atoms. The van der Waals surface area contributed by atoms with E-state index in [0.717, 1.165) is 5.70 Å². The van der Waals surface area contributed by atoms with Crippen molar-refractivity contribution in [3.05, 3.63) is 77.7 Å². The third kappa shape index (κ3) is 1.77. The van der Waals surface area contributed by atoms with E-state index in [4.69, 9.17) is 9.68 Å². The molecule has 0 saturated heterocycles. The number of nitrogens with zero attached hydrogens (tertiary/aromatic N) is 3. The molecule has 0 amide bonds. The molecule has 0 aromatic carbocycles. The number of allylic oxidation sites excluding steroid dienone is 7. The Bertz CT molecular complexity index is 775. The third-order valence-electron chi connectivity index (χ3n) is 3.07. The van der Waals surface area contributed by atoms with Gasteiger partial charge in [0.25, 0.3) is 0 Å². The van der Waals surface area contributed by atoms with Crippen LogP contribution in [0.3, 0.4) is 0 Å². The summed E-state index contributed by atoms with van der Waals surface area (Å²) in [7, 11) is 0. The Hall–Kier alpha value is -3.24. The van der Waals surface area contributed by atoms with E-state index in [1.54, 1.807) is 24.5 Å². The maximum atomic E-state index is 9.46. The fourth-order valence-electron chi connectivity index (χ4n) is 2.22. The average molecular weight is 259 g/mol. The zero-order valence-corrected chi connectivity index (χ0v) is 10.4. The van der Waals surface area contributed by atoms with Crippen molar-refractivity contribution in [1.82, 2.24) is 4.90 Å². The highest BCUT2D eigenvalue weighted by atomic mass is 16.3. The van der Waals surface area contributed by atoms with E-state index in [-0.39, 0.29) is 0 Å². The van der Waals surface area contributed by atoms with Crippen LogP contribution in [-0.2, 0) is 0 Å². The van der Waals surface area contributed by atoms with Crippen molar-refractivity contribution in [2.75, 3.05) is 0 Å². The van der Waals surface area contributed by atoms with Crippen LogP contribution < -0.4 is 0 Å². The highest BCUT2D eigenvalue weighted by Gasteiger charge is 2.25. The molecule has 94 valence electrons. The van der Waals surface area contributed by atoms with Crippen LogP contribution in [0.1, 0.15) is 5.76 Å². The Morgan fingerprint density at radius 3 is 2.85 bits per heavy atom. The number of furan rings is 1. The van der Waals surface area contributed by atoms with Gasteiger partial charge in [-0.1, -0.05) is 6.08 Å². The number of hydrogen-bond acceptors (Lipinski definition) is 4. The van der Waals surface area contributed by atoms with E-state index < -0.39 is 0 Å². The molecule has 3 heterocycles. The second-order valence-corrected chi connectivity index (χ2v) is 4.18. The second kappa shape index (κ2) is 4.79. The number of fused-ring (bicyclic) bond motifs is 1. The van der Waals surface area contributed by atoms with Crippen molar-refractivity contribution in [2.45, 2.75) is 0 Å². The number of rotatable bonds is 1. The van der Waals surface area contributed by atoms with Gasteiger partial charge < -0.3 is 9.32 Å². The normalized spacial score (nSPS) is 18.6. The molecule has 0 fully saturated rings. The first-order valence-corrected chi connectivity index (χ1v) is 5.99. The Labute approximate surface area is 116 Å². The molecule has 0 radical (unpaired) electrons. The van der Waals surface area contributed by atoms with Gasteiger partial charge in [-0.3, -0.25) is 0 Å². The molecular formula is C16H9N3O. The summed E-state index contributed by atoms with van der Waals surface area (Å²) < 4.78 is 5.39. The van der Waals surface area contributed by atoms with E-state index in [2.05, 4.69) is 6.07 Å². The predicted molar refractivity (Wildman–Crippen MR) is 73.1 cm³/mol. The van der Waals surface area contributed by atoms with Crippen LogP contribution in [0.5, 0.6) is 0 Å². The number of hydrogen-bond donors (Lipinski definition) is 0. The van der Waals surface area contributed by atoms with Gasteiger partial charge in [0.15, 0.2) is 0 Å². The molecule has 0 spiro atoms. The molecule has 2 aliphatic rings. The quantitative estimate of drug-likeness (QED) is 0.726. The summed E-state index contributed by atoms with van der Waals surface area (Å²) in [5, 5.41) is 18.4. The van der Waals surface area contributed by atoms with Crippen molar-refractivity contribution in [1.29, 1.82) is 10.5 Å². The molecule has 4 nitrogen and oxygen atoms in total. The summed E-state index contributed by atoms with van der Waals surface area (Å²) in [5.74, 6) is 0.612. The van der Waals surface area contributed by atoms with Crippen LogP contribution in [0.4, 0.5) is 0 Å². The zero-order valence-electron chi connectivity index (χ0n) is 10.4. The Kier molecular flexibility index (Phi) is 2.84. The van der Waals surface area contributed by atoms with Crippen molar-refractivity contribution in [3.63, 3.8) is 0 Å². The highest BCUT2D eigenvalue weighted by molar-refractivity contribution is 5.86. The van der Waals surface area contributed by atoms with E-state index in [9.17, 15) is 5.26 Å². The molecule has 4 heteroatoms. The Morgan fingerprint density at radius 1 is 1.25 bits per heavy atom. The molecular weight excluding hydrogens is 250 g/mol. The van der Waals surface area contributed by atoms with Crippen molar-refractivity contribution in [3.8, 4) is 12.1 Å². The molecule has 0 aliphatic carbocycles. The SMILES string of the molecule is N#C/C=C1/C=C(c2ccco2)C(C#N)=C2C=CC=CN21. The van der Waals surface area contributed by atoms with Gasteiger partial charge in [-0.2, -0.15) is 10.5 Å². The standard InChI is InChI=1S/C16H9N3O/c17-7-6-12-10-13(16-5-3-9-20-16)14(11-18)15-4-1-2-8-19(12)15/h1-6,8-10H/b12-6-. The lowest BCUT2D eigenvalue weighted by molar-refractivity contribution is 0.549. The Morgan fingerprint density at radius 2 is 2.15 bits per heavy atom. The van der Waals surface area contributed by atoms with Gasteiger partial charge >= 0.3 is 0 Å². The van der Waals surface area contributed by atoms with E-state index >= 15 is 0 Å². The van der Waals surface area contributed by atoms with E-state index in [1.807, 2.05) is 35.4 Å². The first-order chi connectivity index (χ1) is 9.85. The molecule has 0 N–H and O–H groups in total. The minimum absolute atomic E-state index is 0.524. The monoisotopic (exact) mass is 259 g/mol. The van der Waals surface area contributed by atoms with Gasteiger partial charge in [-0.15, -0.1) is 0 Å². The van der Waals surface area contributed by atoms with Crippen LogP contribution in [0.15, 0.2) is 76.4 Å². The van der Waals surface area contributed by atoms with Gasteiger partial charge in [0.1, 0.15) is 11.8 Å². The molecule has 0 atom stereocenters. The smallest absolute Gasteiger partial charge is 0.135 e. The van der Waals surface area contributed by atoms with E-state index in [1.165, 1.54) is 6.08 Å². The lowest BCUT2D eigenvalue weighted by Crippen LogP contribution is -2.21. The van der Waals surface area contributed by atoms with Crippen LogP contribution in [0.25, 0.3) is 5.57 Å². The second-order valence-electron chi connectivity index (χ2n) is 4.18. The topological polar surface area (TPSA) is 64.0 Å². The van der Waals surface area contributed by atoms with Gasteiger partial charge in [0, 0.05) is 17.8 Å². The Balaban J connectivity index is 2.24.